The zero-order valence-corrected chi connectivity index (χ0v) is 32.5. The van der Waals surface area contributed by atoms with E-state index in [1.807, 2.05) is 0 Å². The number of allylic oxidation sites excluding steroid dienone is 4. The molecule has 0 saturated carbocycles. The van der Waals surface area contributed by atoms with E-state index >= 15 is 0 Å². The van der Waals surface area contributed by atoms with Gasteiger partial charge in [-0.1, -0.05) is 129 Å². The van der Waals surface area contributed by atoms with Gasteiger partial charge in [-0.2, -0.15) is 0 Å². The third-order valence-electron chi connectivity index (χ3n) is 13.5. The summed E-state index contributed by atoms with van der Waals surface area (Å²) in [5.41, 5.74) is 15.6. The Labute approximate surface area is 336 Å². The van der Waals surface area contributed by atoms with Gasteiger partial charge < -0.3 is 13.7 Å². The highest BCUT2D eigenvalue weighted by molar-refractivity contribution is 6.30. The van der Waals surface area contributed by atoms with Gasteiger partial charge in [0.2, 0.25) is 0 Å². The van der Waals surface area contributed by atoms with E-state index in [-0.39, 0.29) is 5.41 Å². The van der Waals surface area contributed by atoms with Crippen LogP contribution in [0.3, 0.4) is 0 Å². The maximum Gasteiger partial charge on any atom is 0.159 e. The molecule has 3 nitrogen and oxygen atoms in total. The Hall–Kier alpha value is -7.02. The summed E-state index contributed by atoms with van der Waals surface area (Å²) in [5, 5.41) is 11.3. The number of anilines is 2. The molecule has 10 aromatic rings. The fourth-order valence-electron chi connectivity index (χ4n) is 11.0. The number of hydrogen-bond acceptors (Lipinski definition) is 2. The Kier molecular flexibility index (Phi) is 6.38. The first-order valence-corrected chi connectivity index (χ1v) is 20.6. The highest BCUT2D eigenvalue weighted by Crippen LogP contribution is 2.54. The van der Waals surface area contributed by atoms with Gasteiger partial charge >= 0.3 is 0 Å². The van der Waals surface area contributed by atoms with Crippen molar-refractivity contribution < 1.29 is 4.42 Å². The minimum Gasteiger partial charge on any atom is -0.454 e. The lowest BCUT2D eigenvalue weighted by atomic mass is 9.78. The van der Waals surface area contributed by atoms with Crippen LogP contribution in [0.1, 0.15) is 55.5 Å². The molecule has 3 heteroatoms. The molecule has 0 bridgehead atoms. The first-order chi connectivity index (χ1) is 28.6. The summed E-state index contributed by atoms with van der Waals surface area (Å²) in [7, 11) is 0. The molecule has 274 valence electrons. The van der Waals surface area contributed by atoms with Crippen LogP contribution in [0.2, 0.25) is 0 Å². The third-order valence-corrected chi connectivity index (χ3v) is 13.5. The summed E-state index contributed by atoms with van der Waals surface area (Å²) in [4.78, 5) is 2.49. The Bertz CT molecular complexity index is 3610. The Morgan fingerprint density at radius 1 is 0.707 bits per heavy atom. The van der Waals surface area contributed by atoms with Crippen LogP contribution in [-0.4, -0.2) is 4.40 Å². The lowest BCUT2D eigenvalue weighted by Gasteiger charge is -2.35. The van der Waals surface area contributed by atoms with Crippen LogP contribution in [0.15, 0.2) is 155 Å². The fraction of sp³-hybridized carbons (Fsp3) is 0.127. The molecule has 0 aliphatic heterocycles. The molecule has 0 radical (unpaired) electrons. The Morgan fingerprint density at radius 2 is 1.53 bits per heavy atom. The van der Waals surface area contributed by atoms with Gasteiger partial charge in [0, 0.05) is 67.8 Å². The van der Waals surface area contributed by atoms with Crippen molar-refractivity contribution in [1.29, 1.82) is 0 Å². The quantitative estimate of drug-likeness (QED) is 0.133. The van der Waals surface area contributed by atoms with Crippen molar-refractivity contribution in [3.8, 4) is 11.8 Å². The molecular formula is C55H38N2O. The van der Waals surface area contributed by atoms with Crippen molar-refractivity contribution in [3.63, 3.8) is 0 Å². The van der Waals surface area contributed by atoms with E-state index in [9.17, 15) is 0 Å². The Balaban J connectivity index is 1.14. The molecule has 0 atom stereocenters. The van der Waals surface area contributed by atoms with E-state index in [1.54, 1.807) is 0 Å². The Morgan fingerprint density at radius 3 is 2.48 bits per heavy atom. The number of furan rings is 1. The molecule has 3 aliphatic rings. The van der Waals surface area contributed by atoms with E-state index in [0.717, 1.165) is 52.6 Å². The largest absolute Gasteiger partial charge is 0.454 e. The van der Waals surface area contributed by atoms with E-state index in [1.165, 1.54) is 88.0 Å². The first-order valence-electron chi connectivity index (χ1n) is 20.6. The van der Waals surface area contributed by atoms with Crippen LogP contribution in [0.25, 0.3) is 82.3 Å². The van der Waals surface area contributed by atoms with Crippen LogP contribution >= 0.6 is 0 Å². The number of hydrogen-bond donors (Lipinski definition) is 0. The molecular weight excluding hydrogens is 705 g/mol. The summed E-state index contributed by atoms with van der Waals surface area (Å²) in [6, 6.07) is 47.2. The molecule has 7 aromatic carbocycles. The first kappa shape index (κ1) is 32.1. The zero-order valence-electron chi connectivity index (χ0n) is 32.5. The van der Waals surface area contributed by atoms with Crippen LogP contribution in [-0.2, 0) is 11.8 Å². The summed E-state index contributed by atoms with van der Waals surface area (Å²) >= 11 is 0. The molecule has 3 aliphatic carbocycles. The van der Waals surface area contributed by atoms with Crippen LogP contribution in [0, 0.1) is 11.8 Å². The van der Waals surface area contributed by atoms with Crippen molar-refractivity contribution in [2.24, 2.45) is 0 Å². The third kappa shape index (κ3) is 4.14. The normalized spacial score (nSPS) is 15.9. The standard InChI is InChI=1S/C55H38N2O/c1-55(2)45-21-10-6-15-35(45)39-18-4-3-5-24-48(52(39)55)56(49-25-14-20-40-37-17-9-13-26-50(37)58-54(40)49)34-29-27-33-28-30-38-43(42(33)31-34)32-44-36-16-7-11-22-46(36)57-47-23-12-8-19-41(47)51(38)53(44)57/h6-10,12-17,19-21,23-32H,5,11,18,22H2,1-2H3. The van der Waals surface area contributed by atoms with E-state index in [0.29, 0.717) is 6.42 Å². The number of para-hydroxylation sites is 3. The molecule has 0 N–H and O–H groups in total. The SMILES string of the molecule is CC1(C)C2=C(CC#CCC=C2N(c2ccc3ccc4c(cc5c6c(n7c8ccccc8c4c57)CCC=C6)c3c2)c2cccc3c2oc2ccccc23)c2ccccc21. The summed E-state index contributed by atoms with van der Waals surface area (Å²) in [6.07, 6.45) is 10.6. The number of benzene rings is 7. The average Bonchev–Trinajstić information content (AvgIpc) is 3.96. The van der Waals surface area contributed by atoms with Crippen molar-refractivity contribution in [1.82, 2.24) is 4.40 Å². The highest BCUT2D eigenvalue weighted by atomic mass is 16.3. The van der Waals surface area contributed by atoms with Crippen molar-refractivity contribution in [2.45, 2.75) is 44.9 Å². The minimum absolute atomic E-state index is 0.247. The van der Waals surface area contributed by atoms with Gasteiger partial charge in [0.1, 0.15) is 5.58 Å². The van der Waals surface area contributed by atoms with E-state index < -0.39 is 0 Å². The number of aromatic nitrogens is 1. The summed E-state index contributed by atoms with van der Waals surface area (Å²) in [5.74, 6) is 7.03. The van der Waals surface area contributed by atoms with Gasteiger partial charge in [0.05, 0.1) is 16.7 Å². The van der Waals surface area contributed by atoms with Gasteiger partial charge in [0.25, 0.3) is 0 Å². The molecule has 58 heavy (non-hydrogen) atoms. The lowest BCUT2D eigenvalue weighted by molar-refractivity contribution is 0.640. The van der Waals surface area contributed by atoms with Crippen molar-refractivity contribution >= 4 is 93.7 Å². The molecule has 0 spiro atoms. The molecule has 0 fully saturated rings. The van der Waals surface area contributed by atoms with Crippen LogP contribution in [0.5, 0.6) is 0 Å². The number of rotatable bonds is 3. The predicted octanol–water partition coefficient (Wildman–Crippen LogP) is 14.4. The van der Waals surface area contributed by atoms with Gasteiger partial charge in [-0.3, -0.25) is 0 Å². The van der Waals surface area contributed by atoms with Crippen LogP contribution < -0.4 is 4.90 Å². The lowest BCUT2D eigenvalue weighted by Crippen LogP contribution is -2.27. The van der Waals surface area contributed by atoms with Gasteiger partial charge in [-0.25, -0.2) is 0 Å². The molecule has 0 amide bonds. The van der Waals surface area contributed by atoms with Crippen molar-refractivity contribution in [2.75, 3.05) is 4.90 Å². The van der Waals surface area contributed by atoms with Gasteiger partial charge in [-0.15, -0.1) is 0 Å². The molecule has 3 aromatic heterocycles. The molecule has 0 unspecified atom stereocenters. The molecule has 0 saturated heterocycles. The second-order valence-electron chi connectivity index (χ2n) is 16.8. The number of fused-ring (bicyclic) bond motifs is 15. The topological polar surface area (TPSA) is 20.8 Å². The molecule has 13 rings (SSSR count). The average molecular weight is 743 g/mol. The predicted molar refractivity (Wildman–Crippen MR) is 243 cm³/mol. The second-order valence-corrected chi connectivity index (χ2v) is 16.8. The van der Waals surface area contributed by atoms with Gasteiger partial charge in [0.15, 0.2) is 5.58 Å². The monoisotopic (exact) mass is 742 g/mol. The van der Waals surface area contributed by atoms with E-state index in [2.05, 4.69) is 181 Å². The number of aryl methyl sites for hydroxylation is 1. The van der Waals surface area contributed by atoms with Crippen LogP contribution in [0.4, 0.5) is 11.4 Å². The maximum atomic E-state index is 6.86. The van der Waals surface area contributed by atoms with Crippen molar-refractivity contribution in [3.05, 3.63) is 173 Å². The second kappa shape index (κ2) is 11.5. The van der Waals surface area contributed by atoms with Gasteiger partial charge in [-0.05, 0) is 99.1 Å². The maximum absolute atomic E-state index is 6.86. The minimum atomic E-state index is -0.247. The number of nitrogens with zero attached hydrogens (tertiary/aromatic N) is 2. The smallest absolute Gasteiger partial charge is 0.159 e. The van der Waals surface area contributed by atoms with E-state index in [4.69, 9.17) is 4.42 Å². The fourth-order valence-corrected chi connectivity index (χ4v) is 11.0. The zero-order chi connectivity index (χ0) is 38.3. The summed E-state index contributed by atoms with van der Waals surface area (Å²) < 4.78 is 9.42. The molecule has 3 heterocycles. The highest BCUT2D eigenvalue weighted by Gasteiger charge is 2.41. The summed E-state index contributed by atoms with van der Waals surface area (Å²) in [6.45, 7) is 4.77.